The molecule has 0 amide bonds. The largest absolute Gasteiger partial charge is 0.361 e. The molecule has 0 aliphatic carbocycles. The van der Waals surface area contributed by atoms with Crippen molar-refractivity contribution >= 4 is 40.8 Å². The third kappa shape index (κ3) is 7.19. The van der Waals surface area contributed by atoms with Crippen LogP contribution in [0.25, 0.3) is 10.9 Å². The number of aromatic amines is 1. The van der Waals surface area contributed by atoms with E-state index in [2.05, 4.69) is 46.5 Å². The molecule has 0 atom stereocenters. The maximum Gasteiger partial charge on any atom is 0.191 e. The van der Waals surface area contributed by atoms with Crippen LogP contribution >= 0.6 is 24.0 Å². The molecular weight excluding hydrogens is 432 g/mol. The summed E-state index contributed by atoms with van der Waals surface area (Å²) in [5, 5.41) is 7.55. The number of benzene rings is 1. The van der Waals surface area contributed by atoms with Gasteiger partial charge in [-0.05, 0) is 64.2 Å². The van der Waals surface area contributed by atoms with E-state index in [1.807, 2.05) is 6.20 Å². The quantitative estimate of drug-likeness (QED) is 0.245. The second-order valence-electron chi connectivity index (χ2n) is 6.10. The van der Waals surface area contributed by atoms with Gasteiger partial charge in [0.15, 0.2) is 5.96 Å². The smallest absolute Gasteiger partial charge is 0.191 e. The third-order valence-corrected chi connectivity index (χ3v) is 3.79. The van der Waals surface area contributed by atoms with Crippen LogP contribution in [-0.4, -0.2) is 56.1 Å². The van der Waals surface area contributed by atoms with Gasteiger partial charge in [-0.1, -0.05) is 0 Å². The van der Waals surface area contributed by atoms with Gasteiger partial charge in [0.05, 0.1) is 0 Å². The predicted octanol–water partition coefficient (Wildman–Crippen LogP) is 2.97. The average Bonchev–Trinajstić information content (AvgIpc) is 2.93. The van der Waals surface area contributed by atoms with Gasteiger partial charge in [0.1, 0.15) is 5.82 Å². The van der Waals surface area contributed by atoms with Crippen molar-refractivity contribution in [3.05, 3.63) is 35.8 Å². The van der Waals surface area contributed by atoms with E-state index in [0.29, 0.717) is 0 Å². The summed E-state index contributed by atoms with van der Waals surface area (Å²) in [6.45, 7) is 5.47. The fourth-order valence-electron chi connectivity index (χ4n) is 2.59. The first-order valence-corrected chi connectivity index (χ1v) is 8.52. The fourth-order valence-corrected chi connectivity index (χ4v) is 2.59. The first kappa shape index (κ1) is 21.7. The zero-order chi connectivity index (χ0) is 17.4. The van der Waals surface area contributed by atoms with E-state index in [4.69, 9.17) is 0 Å². The molecule has 2 aromatic rings. The van der Waals surface area contributed by atoms with Crippen LogP contribution in [0.2, 0.25) is 0 Å². The second kappa shape index (κ2) is 11.3. The normalized spacial score (nSPS) is 11.6. The van der Waals surface area contributed by atoms with Crippen molar-refractivity contribution in [3.8, 4) is 0 Å². The zero-order valence-corrected chi connectivity index (χ0v) is 17.6. The molecule has 5 nitrogen and oxygen atoms in total. The minimum absolute atomic E-state index is 0. The molecule has 2 rings (SSSR count). The highest BCUT2D eigenvalue weighted by Crippen LogP contribution is 2.19. The SMILES string of the molecule is CCNC(=NCCCN(C)C)NCCc1c[nH]c2ccc(F)cc12.I. The number of aromatic nitrogens is 1. The van der Waals surface area contributed by atoms with Crippen LogP contribution in [0.1, 0.15) is 18.9 Å². The highest BCUT2D eigenvalue weighted by Gasteiger charge is 2.05. The maximum absolute atomic E-state index is 13.4. The van der Waals surface area contributed by atoms with Gasteiger partial charge in [0, 0.05) is 36.7 Å². The van der Waals surface area contributed by atoms with Gasteiger partial charge in [0.25, 0.3) is 0 Å². The number of nitrogens with one attached hydrogen (secondary N) is 3. The molecule has 140 valence electrons. The average molecular weight is 461 g/mol. The van der Waals surface area contributed by atoms with Crippen molar-refractivity contribution in [2.75, 3.05) is 40.3 Å². The second-order valence-corrected chi connectivity index (χ2v) is 6.10. The van der Waals surface area contributed by atoms with E-state index in [1.165, 1.54) is 6.07 Å². The summed E-state index contributed by atoms with van der Waals surface area (Å²) >= 11 is 0. The van der Waals surface area contributed by atoms with Crippen molar-refractivity contribution in [1.82, 2.24) is 20.5 Å². The first-order chi connectivity index (χ1) is 11.6. The Hall–Kier alpha value is -1.35. The fraction of sp³-hybridized carbons (Fsp3) is 0.500. The molecule has 3 N–H and O–H groups in total. The number of halogens is 2. The van der Waals surface area contributed by atoms with Crippen LogP contribution in [0, 0.1) is 5.82 Å². The van der Waals surface area contributed by atoms with Crippen LogP contribution in [0.5, 0.6) is 0 Å². The molecule has 7 heteroatoms. The van der Waals surface area contributed by atoms with E-state index in [9.17, 15) is 4.39 Å². The van der Waals surface area contributed by atoms with E-state index in [1.54, 1.807) is 12.1 Å². The van der Waals surface area contributed by atoms with E-state index in [-0.39, 0.29) is 29.8 Å². The molecule has 0 aliphatic rings. The van der Waals surface area contributed by atoms with E-state index >= 15 is 0 Å². The molecule has 1 heterocycles. The summed E-state index contributed by atoms with van der Waals surface area (Å²) < 4.78 is 13.4. The number of hydrogen-bond donors (Lipinski definition) is 3. The number of rotatable bonds is 8. The molecule has 0 unspecified atom stereocenters. The molecule has 25 heavy (non-hydrogen) atoms. The predicted molar refractivity (Wildman–Crippen MR) is 115 cm³/mol. The van der Waals surface area contributed by atoms with Crippen molar-refractivity contribution < 1.29 is 4.39 Å². The van der Waals surface area contributed by atoms with Crippen LogP contribution in [-0.2, 0) is 6.42 Å². The molecule has 0 aliphatic heterocycles. The Morgan fingerprint density at radius 3 is 2.80 bits per heavy atom. The van der Waals surface area contributed by atoms with Gasteiger partial charge in [-0.2, -0.15) is 0 Å². The van der Waals surface area contributed by atoms with Gasteiger partial charge in [-0.15, -0.1) is 24.0 Å². The molecule has 0 bridgehead atoms. The number of guanidine groups is 1. The van der Waals surface area contributed by atoms with Crippen molar-refractivity contribution in [1.29, 1.82) is 0 Å². The molecular formula is C18H29FIN5. The number of nitrogens with zero attached hydrogens (tertiary/aromatic N) is 2. The topological polar surface area (TPSA) is 55.5 Å². The molecule has 0 saturated heterocycles. The Kier molecular flexibility index (Phi) is 9.81. The highest BCUT2D eigenvalue weighted by molar-refractivity contribution is 14.0. The Balaban J connectivity index is 0.00000312. The minimum atomic E-state index is -0.202. The number of hydrogen-bond acceptors (Lipinski definition) is 2. The molecule has 0 spiro atoms. The van der Waals surface area contributed by atoms with Gasteiger partial charge in [-0.25, -0.2) is 4.39 Å². The molecule has 0 fully saturated rings. The number of H-pyrrole nitrogens is 1. The Labute approximate surface area is 166 Å². The Morgan fingerprint density at radius 2 is 2.08 bits per heavy atom. The van der Waals surface area contributed by atoms with Gasteiger partial charge in [-0.3, -0.25) is 4.99 Å². The summed E-state index contributed by atoms with van der Waals surface area (Å²) in [5.41, 5.74) is 2.08. The van der Waals surface area contributed by atoms with E-state index in [0.717, 1.165) is 61.4 Å². The zero-order valence-electron chi connectivity index (χ0n) is 15.2. The van der Waals surface area contributed by atoms with Crippen LogP contribution in [0.3, 0.4) is 0 Å². The van der Waals surface area contributed by atoms with Crippen molar-refractivity contribution in [3.63, 3.8) is 0 Å². The maximum atomic E-state index is 13.4. The highest BCUT2D eigenvalue weighted by atomic mass is 127. The summed E-state index contributed by atoms with van der Waals surface area (Å²) in [6.07, 6.45) is 3.80. The molecule has 1 aromatic heterocycles. The molecule has 1 aromatic carbocycles. The summed E-state index contributed by atoms with van der Waals surface area (Å²) in [7, 11) is 4.13. The van der Waals surface area contributed by atoms with Crippen LogP contribution in [0.4, 0.5) is 4.39 Å². The van der Waals surface area contributed by atoms with Gasteiger partial charge in [0.2, 0.25) is 0 Å². The standard InChI is InChI=1S/C18H28FN5.HI/c1-4-20-18(21-9-5-11-24(2)3)22-10-8-14-13-23-17-7-6-15(19)12-16(14)17;/h6-7,12-13,23H,4-5,8-11H2,1-3H3,(H2,20,21,22);1H. The van der Waals surface area contributed by atoms with Gasteiger partial charge >= 0.3 is 0 Å². The molecule has 0 radical (unpaired) electrons. The van der Waals surface area contributed by atoms with Gasteiger partial charge < -0.3 is 20.5 Å². The Bertz CT molecular complexity index is 669. The van der Waals surface area contributed by atoms with E-state index < -0.39 is 0 Å². The number of fused-ring (bicyclic) bond motifs is 1. The first-order valence-electron chi connectivity index (χ1n) is 8.52. The summed E-state index contributed by atoms with van der Waals surface area (Å²) in [4.78, 5) is 9.93. The van der Waals surface area contributed by atoms with Crippen LogP contribution < -0.4 is 10.6 Å². The van der Waals surface area contributed by atoms with Crippen molar-refractivity contribution in [2.45, 2.75) is 19.8 Å². The lowest BCUT2D eigenvalue weighted by Crippen LogP contribution is -2.38. The summed E-state index contributed by atoms with van der Waals surface area (Å²) in [5.74, 6) is 0.634. The monoisotopic (exact) mass is 461 g/mol. The van der Waals surface area contributed by atoms with Crippen molar-refractivity contribution in [2.24, 2.45) is 4.99 Å². The summed E-state index contributed by atoms with van der Waals surface area (Å²) in [6, 6.07) is 4.84. The number of aliphatic imine (C=N–C) groups is 1. The molecule has 0 saturated carbocycles. The lowest BCUT2D eigenvalue weighted by atomic mass is 10.1. The van der Waals surface area contributed by atoms with Crippen LogP contribution in [0.15, 0.2) is 29.4 Å². The lowest BCUT2D eigenvalue weighted by Gasteiger charge is -2.12. The lowest BCUT2D eigenvalue weighted by molar-refractivity contribution is 0.403. The Morgan fingerprint density at radius 1 is 1.28 bits per heavy atom. The third-order valence-electron chi connectivity index (χ3n) is 3.79. The minimum Gasteiger partial charge on any atom is -0.361 e.